The number of carbonyl (C=O) groups excluding carboxylic acids is 2. The topological polar surface area (TPSA) is 290 Å². The lowest BCUT2D eigenvalue weighted by molar-refractivity contribution is -0.118. The lowest BCUT2D eigenvalue weighted by atomic mass is 10.2. The number of azo groups is 2. The number of aromatic hydroxyl groups is 1. The summed E-state index contributed by atoms with van der Waals surface area (Å²) in [5, 5.41) is 36.7. The van der Waals surface area contributed by atoms with Gasteiger partial charge in [0, 0.05) is 5.69 Å². The van der Waals surface area contributed by atoms with Gasteiger partial charge in [0.2, 0.25) is 0 Å². The van der Waals surface area contributed by atoms with Crippen LogP contribution >= 0.6 is 0 Å². The van der Waals surface area contributed by atoms with E-state index in [4.69, 9.17) is 0 Å². The van der Waals surface area contributed by atoms with E-state index in [1.54, 1.807) is 6.92 Å². The maximum absolute atomic E-state index is 13.3. The zero-order valence-electron chi connectivity index (χ0n) is 28.2. The molecule has 55 heavy (non-hydrogen) atoms. The highest BCUT2D eigenvalue weighted by molar-refractivity contribution is 7.92. The van der Waals surface area contributed by atoms with Crippen molar-refractivity contribution < 1.29 is 49.1 Å². The molecule has 0 spiro atoms. The molecule has 23 heteroatoms. The van der Waals surface area contributed by atoms with Gasteiger partial charge in [-0.1, -0.05) is 0 Å². The van der Waals surface area contributed by atoms with Gasteiger partial charge in [0.1, 0.15) is 11.4 Å². The predicted octanol–water partition coefficient (Wildman–Crippen LogP) is 4.44. The summed E-state index contributed by atoms with van der Waals surface area (Å²) in [5.41, 5.74) is 1.03. The molecule has 4 N–H and O–H groups in total. The standard InChI is InChI=1S/C32H27N9O11S3/c1-18-29(31(43)40(37-18)22-7-11-24(12-8-22)54(47,48)49)35-33-20-3-5-21(6-4-20)39-53(45,46)26-15-16-28(42)27(17-26)34-36-30-19(2)38-41(32(30)44)23-9-13-25(14-10-23)55(50,51)52/h3-17,29-30,39,42H,1-2H3,(H,47,48,49)(H,50,51,52). The summed E-state index contributed by atoms with van der Waals surface area (Å²) in [6, 6.07) is 16.1. The molecule has 2 heterocycles. The van der Waals surface area contributed by atoms with Crippen molar-refractivity contribution in [1.82, 2.24) is 0 Å². The molecule has 2 aliphatic rings. The minimum atomic E-state index is -4.46. The number of hydrogen-bond donors (Lipinski definition) is 4. The zero-order valence-corrected chi connectivity index (χ0v) is 30.7. The first-order valence-corrected chi connectivity index (χ1v) is 19.9. The van der Waals surface area contributed by atoms with Gasteiger partial charge in [-0.2, -0.15) is 57.5 Å². The first-order valence-electron chi connectivity index (χ1n) is 15.5. The number of nitrogens with zero attached hydrogens (tertiary/aromatic N) is 8. The van der Waals surface area contributed by atoms with Crippen LogP contribution in [0.4, 0.5) is 28.4 Å². The Morgan fingerprint density at radius 2 is 1.05 bits per heavy atom. The monoisotopic (exact) mass is 809 g/mol. The highest BCUT2D eigenvalue weighted by atomic mass is 32.2. The van der Waals surface area contributed by atoms with Crippen LogP contribution in [0.25, 0.3) is 0 Å². The summed E-state index contributed by atoms with van der Waals surface area (Å²) in [6.45, 7) is 3.04. The van der Waals surface area contributed by atoms with E-state index in [0.717, 1.165) is 52.5 Å². The van der Waals surface area contributed by atoms with Crippen LogP contribution in [0, 0.1) is 0 Å². The van der Waals surface area contributed by atoms with Crippen molar-refractivity contribution in [2.45, 2.75) is 40.6 Å². The Labute approximate surface area is 312 Å². The van der Waals surface area contributed by atoms with E-state index in [-0.39, 0.29) is 48.8 Å². The molecule has 0 bridgehead atoms. The van der Waals surface area contributed by atoms with Crippen molar-refractivity contribution in [3.8, 4) is 5.75 Å². The predicted molar refractivity (Wildman–Crippen MR) is 196 cm³/mol. The fourth-order valence-electron chi connectivity index (χ4n) is 5.07. The molecule has 2 amide bonds. The number of phenolic OH excluding ortho intramolecular Hbond substituents is 1. The number of carbonyl (C=O) groups is 2. The van der Waals surface area contributed by atoms with Gasteiger partial charge in [-0.3, -0.25) is 23.4 Å². The van der Waals surface area contributed by atoms with E-state index >= 15 is 0 Å². The van der Waals surface area contributed by atoms with Crippen LogP contribution in [0.2, 0.25) is 0 Å². The van der Waals surface area contributed by atoms with Gasteiger partial charge >= 0.3 is 0 Å². The van der Waals surface area contributed by atoms with Crippen molar-refractivity contribution in [2.75, 3.05) is 14.7 Å². The average Bonchev–Trinajstić information content (AvgIpc) is 3.58. The number of rotatable bonds is 11. The quantitative estimate of drug-likeness (QED) is 0.121. The van der Waals surface area contributed by atoms with Crippen LogP contribution in [0.15, 0.2) is 136 Å². The minimum Gasteiger partial charge on any atom is -0.506 e. The molecule has 0 radical (unpaired) electrons. The van der Waals surface area contributed by atoms with E-state index in [2.05, 4.69) is 35.4 Å². The summed E-state index contributed by atoms with van der Waals surface area (Å²) in [5.74, 6) is -1.67. The Bertz CT molecular complexity index is 2670. The first kappa shape index (κ1) is 38.5. The second-order valence-corrected chi connectivity index (χ2v) is 16.3. The van der Waals surface area contributed by atoms with Crippen molar-refractivity contribution >= 4 is 81.9 Å². The summed E-state index contributed by atoms with van der Waals surface area (Å²) in [4.78, 5) is 25.0. The fourth-order valence-corrected chi connectivity index (χ4v) is 7.11. The Balaban J connectivity index is 1.10. The van der Waals surface area contributed by atoms with Crippen molar-refractivity contribution in [3.63, 3.8) is 0 Å². The molecule has 0 aliphatic carbocycles. The number of benzene rings is 4. The third-order valence-electron chi connectivity index (χ3n) is 7.90. The molecule has 0 saturated heterocycles. The number of anilines is 3. The average molecular weight is 810 g/mol. The SMILES string of the molecule is CC1=NN(c2ccc(S(=O)(=O)O)cc2)C(=O)C1N=Nc1ccc(NS(=O)(=O)c2ccc(O)c(N=NC3C(=O)N(c4ccc(S(=O)(=O)O)cc4)N=C3C)c2)cc1. The van der Waals surface area contributed by atoms with Crippen LogP contribution in [0.1, 0.15) is 13.8 Å². The molecule has 20 nitrogen and oxygen atoms in total. The number of amides is 2. The van der Waals surface area contributed by atoms with Gasteiger partial charge in [0.25, 0.3) is 42.1 Å². The van der Waals surface area contributed by atoms with Gasteiger partial charge < -0.3 is 5.11 Å². The minimum absolute atomic E-state index is 0.123. The highest BCUT2D eigenvalue weighted by Gasteiger charge is 2.36. The molecular weight excluding hydrogens is 783 g/mol. The molecule has 4 aromatic rings. The van der Waals surface area contributed by atoms with Crippen LogP contribution in [-0.4, -0.2) is 74.8 Å². The molecular formula is C32H27N9O11S3. The Kier molecular flexibility index (Phi) is 10.2. The van der Waals surface area contributed by atoms with Gasteiger partial charge in [-0.25, -0.2) is 8.42 Å². The lowest BCUT2D eigenvalue weighted by Gasteiger charge is -2.12. The fraction of sp³-hybridized carbons (Fsp3) is 0.125. The molecule has 6 rings (SSSR count). The normalized spacial score (nSPS) is 18.0. The van der Waals surface area contributed by atoms with Gasteiger partial charge in [0.15, 0.2) is 12.1 Å². The second kappa shape index (κ2) is 14.5. The van der Waals surface area contributed by atoms with Crippen LogP contribution in [0.5, 0.6) is 5.75 Å². The first-order chi connectivity index (χ1) is 25.8. The molecule has 4 aromatic carbocycles. The van der Waals surface area contributed by atoms with E-state index < -0.39 is 59.9 Å². The van der Waals surface area contributed by atoms with Gasteiger partial charge in [0.05, 0.1) is 43.2 Å². The number of nitrogens with one attached hydrogen (secondary N) is 1. The Morgan fingerprint density at radius 1 is 0.618 bits per heavy atom. The zero-order chi connectivity index (χ0) is 39.9. The van der Waals surface area contributed by atoms with Crippen LogP contribution < -0.4 is 14.7 Å². The summed E-state index contributed by atoms with van der Waals surface area (Å²) in [6.07, 6.45) is 0. The molecule has 284 valence electrons. The van der Waals surface area contributed by atoms with Crippen molar-refractivity contribution in [1.29, 1.82) is 0 Å². The van der Waals surface area contributed by atoms with Crippen molar-refractivity contribution in [2.24, 2.45) is 30.7 Å². The highest BCUT2D eigenvalue weighted by Crippen LogP contribution is 2.32. The Hall–Kier alpha value is -6.27. The summed E-state index contributed by atoms with van der Waals surface area (Å²) < 4.78 is 92.6. The lowest BCUT2D eigenvalue weighted by Crippen LogP contribution is -2.29. The van der Waals surface area contributed by atoms with E-state index in [1.807, 2.05) is 0 Å². The second-order valence-electron chi connectivity index (χ2n) is 11.8. The van der Waals surface area contributed by atoms with E-state index in [9.17, 15) is 49.1 Å². The van der Waals surface area contributed by atoms with Gasteiger partial charge in [-0.05, 0) is 105 Å². The van der Waals surface area contributed by atoms with Gasteiger partial charge in [-0.15, -0.1) is 0 Å². The van der Waals surface area contributed by atoms with Crippen molar-refractivity contribution in [3.05, 3.63) is 91.0 Å². The molecule has 0 aromatic heterocycles. The van der Waals surface area contributed by atoms with Crippen LogP contribution in [0.3, 0.4) is 0 Å². The molecule has 0 fully saturated rings. The third-order valence-corrected chi connectivity index (χ3v) is 11.0. The summed E-state index contributed by atoms with van der Waals surface area (Å²) >= 11 is 0. The number of phenols is 1. The van der Waals surface area contributed by atoms with E-state index in [1.165, 1.54) is 55.5 Å². The molecule has 2 unspecified atom stereocenters. The molecule has 0 saturated carbocycles. The number of hydrazone groups is 2. The number of hydrogen-bond acceptors (Lipinski definition) is 15. The maximum atomic E-state index is 13.3. The molecule has 2 aliphatic heterocycles. The third kappa shape index (κ3) is 8.29. The smallest absolute Gasteiger partial charge is 0.294 e. The van der Waals surface area contributed by atoms with Crippen LogP contribution in [-0.2, 0) is 39.8 Å². The maximum Gasteiger partial charge on any atom is 0.294 e. The Morgan fingerprint density at radius 3 is 1.51 bits per heavy atom. The van der Waals surface area contributed by atoms with E-state index in [0.29, 0.717) is 5.71 Å². The summed E-state index contributed by atoms with van der Waals surface area (Å²) in [7, 11) is -13.1. The largest absolute Gasteiger partial charge is 0.506 e. The molecule has 2 atom stereocenters. The number of sulfonamides is 1.